The van der Waals surface area contributed by atoms with Crippen LogP contribution in [-0.2, 0) is 21.6 Å². The van der Waals surface area contributed by atoms with Crippen LogP contribution < -0.4 is 0 Å². The highest BCUT2D eigenvalue weighted by Crippen LogP contribution is 2.33. The molecule has 0 N–H and O–H groups in total. The Morgan fingerprint density at radius 3 is 1.79 bits per heavy atom. The molecule has 6 heteroatoms. The van der Waals surface area contributed by atoms with Gasteiger partial charge in [0.2, 0.25) is 0 Å². The van der Waals surface area contributed by atoms with Crippen molar-refractivity contribution in [3.05, 3.63) is 33.3 Å². The van der Waals surface area contributed by atoms with E-state index in [-0.39, 0.29) is 0 Å². The van der Waals surface area contributed by atoms with Crippen molar-refractivity contribution in [3.8, 4) is 0 Å². The topological polar surface area (TPSA) is 18.5 Å². The van der Waals surface area contributed by atoms with Gasteiger partial charge in [0.15, 0.2) is 0 Å². The molecule has 0 radical (unpaired) electrons. The van der Waals surface area contributed by atoms with Crippen molar-refractivity contribution in [1.82, 2.24) is 0 Å². The van der Waals surface area contributed by atoms with E-state index in [1.54, 1.807) is 0 Å². The molecule has 2 nitrogen and oxygen atoms in total. The molecule has 1 aromatic rings. The van der Waals surface area contributed by atoms with Gasteiger partial charge in [0, 0.05) is 0 Å². The third kappa shape index (κ3) is 2.51. The van der Waals surface area contributed by atoms with Crippen molar-refractivity contribution in [2.45, 2.75) is 13.2 Å². The Morgan fingerprint density at radius 1 is 0.929 bits per heavy atom. The molecule has 1 heterocycles. The monoisotopic (exact) mass is 268 g/mol. The molecule has 0 saturated heterocycles. The van der Waals surface area contributed by atoms with E-state index in [9.17, 15) is 0 Å². The van der Waals surface area contributed by atoms with Crippen molar-refractivity contribution < 1.29 is 8.37 Å². The number of rotatable bonds is 0. The number of fused-ring (bicyclic) bond motifs is 1. The van der Waals surface area contributed by atoms with Gasteiger partial charge in [-0.1, -0.05) is 23.2 Å². The highest BCUT2D eigenvalue weighted by Gasteiger charge is 2.11. The van der Waals surface area contributed by atoms with Crippen LogP contribution in [0.5, 0.6) is 0 Å². The van der Waals surface area contributed by atoms with Gasteiger partial charge in [-0.3, -0.25) is 8.37 Å². The normalized spacial score (nSPS) is 17.0. The third-order valence-corrected chi connectivity index (χ3v) is 3.75. The fourth-order valence-corrected chi connectivity index (χ4v) is 2.44. The van der Waals surface area contributed by atoms with Crippen LogP contribution in [-0.4, -0.2) is 0 Å². The average molecular weight is 269 g/mol. The van der Waals surface area contributed by atoms with Crippen molar-refractivity contribution in [3.63, 3.8) is 0 Å². The van der Waals surface area contributed by atoms with Gasteiger partial charge in [-0.2, -0.15) is 0 Å². The molecule has 0 aliphatic carbocycles. The lowest BCUT2D eigenvalue weighted by atomic mass is 10.1. The Kier molecular flexibility index (Phi) is 3.87. The van der Waals surface area contributed by atoms with Gasteiger partial charge in [0.1, 0.15) is 0 Å². The van der Waals surface area contributed by atoms with E-state index in [1.165, 1.54) is 22.1 Å². The maximum atomic E-state index is 5.90. The van der Waals surface area contributed by atoms with Crippen LogP contribution in [0.15, 0.2) is 12.1 Å². The van der Waals surface area contributed by atoms with Crippen LogP contribution in [0.25, 0.3) is 0 Å². The lowest BCUT2D eigenvalue weighted by Crippen LogP contribution is -1.98. The Labute approximate surface area is 100 Å². The van der Waals surface area contributed by atoms with E-state index in [1.807, 2.05) is 12.1 Å². The van der Waals surface area contributed by atoms with Crippen LogP contribution >= 0.6 is 45.4 Å². The Hall–Kier alpha value is 0.420. The average Bonchev–Trinajstić information content (AvgIpc) is 2.13. The number of halogens is 2. The number of hydrogen-bond acceptors (Lipinski definition) is 4. The van der Waals surface area contributed by atoms with Crippen molar-refractivity contribution in [1.29, 1.82) is 0 Å². The number of hydrogen-bond donors (Lipinski definition) is 0. The second-order valence-electron chi connectivity index (χ2n) is 2.70. The zero-order valence-electron chi connectivity index (χ0n) is 6.96. The molecule has 0 fully saturated rings. The van der Waals surface area contributed by atoms with E-state index < -0.39 is 0 Å². The number of benzene rings is 1. The van der Waals surface area contributed by atoms with Gasteiger partial charge in [-0.25, -0.2) is 0 Å². The Morgan fingerprint density at radius 2 is 1.36 bits per heavy atom. The second-order valence-corrected chi connectivity index (χ2v) is 5.07. The summed E-state index contributed by atoms with van der Waals surface area (Å²) in [6, 6.07) is 3.64. The Bertz CT molecular complexity index is 313. The Balaban J connectivity index is 2.35. The fraction of sp³-hybridized carbons (Fsp3) is 0.250. The first kappa shape index (κ1) is 10.9. The molecule has 0 bridgehead atoms. The molecule has 1 aromatic carbocycles. The SMILES string of the molecule is Clc1cc2c(cc1Cl)COSSOC2. The molecule has 0 saturated carbocycles. The minimum atomic E-state index is 0.521. The molecule has 14 heavy (non-hydrogen) atoms. The van der Waals surface area contributed by atoms with E-state index in [0.29, 0.717) is 23.3 Å². The third-order valence-electron chi connectivity index (χ3n) is 1.80. The maximum Gasteiger partial charge on any atom is 0.0928 e. The molecule has 0 atom stereocenters. The van der Waals surface area contributed by atoms with Gasteiger partial charge in [0.05, 0.1) is 45.4 Å². The molecular weight excluding hydrogens is 263 g/mol. The minimum Gasteiger partial charge on any atom is -0.299 e. The van der Waals surface area contributed by atoms with E-state index in [2.05, 4.69) is 0 Å². The molecule has 0 unspecified atom stereocenters. The quantitative estimate of drug-likeness (QED) is 0.517. The highest BCUT2D eigenvalue weighted by atomic mass is 35.5. The molecular formula is C8H6Cl2O2S2. The predicted octanol–water partition coefficient (Wildman–Crippen LogP) is 4.25. The summed E-state index contributed by atoms with van der Waals surface area (Å²) in [4.78, 5) is 0. The van der Waals surface area contributed by atoms with Gasteiger partial charge in [-0.05, 0) is 23.3 Å². The first-order valence-electron chi connectivity index (χ1n) is 3.82. The van der Waals surface area contributed by atoms with E-state index in [0.717, 1.165) is 11.1 Å². The van der Waals surface area contributed by atoms with E-state index >= 15 is 0 Å². The predicted molar refractivity (Wildman–Crippen MR) is 61.2 cm³/mol. The van der Waals surface area contributed by atoms with Crippen LogP contribution in [0.4, 0.5) is 0 Å². The van der Waals surface area contributed by atoms with Gasteiger partial charge in [-0.15, -0.1) is 0 Å². The lowest BCUT2D eigenvalue weighted by molar-refractivity contribution is 0.332. The molecule has 76 valence electrons. The van der Waals surface area contributed by atoms with E-state index in [4.69, 9.17) is 31.6 Å². The molecule has 0 aromatic heterocycles. The summed E-state index contributed by atoms with van der Waals surface area (Å²) < 4.78 is 10.5. The largest absolute Gasteiger partial charge is 0.299 e. The second kappa shape index (κ2) is 4.96. The standard InChI is InChI=1S/C8H6Cl2O2S2/c9-7-1-5-3-11-13-14-12-4-6(5)2-8(7)10/h1-2H,3-4H2. The van der Waals surface area contributed by atoms with Crippen LogP contribution in [0.1, 0.15) is 11.1 Å². The summed E-state index contributed by atoms with van der Waals surface area (Å²) in [7, 11) is 0. The van der Waals surface area contributed by atoms with Gasteiger partial charge >= 0.3 is 0 Å². The summed E-state index contributed by atoms with van der Waals surface area (Å²) in [6.45, 7) is 1.04. The molecule has 1 aliphatic heterocycles. The highest BCUT2D eigenvalue weighted by molar-refractivity contribution is 8.73. The first-order valence-corrected chi connectivity index (χ1v) is 6.57. The smallest absolute Gasteiger partial charge is 0.0928 e. The van der Waals surface area contributed by atoms with Crippen LogP contribution in [0, 0.1) is 0 Å². The summed E-state index contributed by atoms with van der Waals surface area (Å²) in [6.07, 6.45) is 0. The van der Waals surface area contributed by atoms with Gasteiger partial charge in [0.25, 0.3) is 0 Å². The maximum absolute atomic E-state index is 5.90. The van der Waals surface area contributed by atoms with Crippen molar-refractivity contribution in [2.75, 3.05) is 0 Å². The zero-order chi connectivity index (χ0) is 9.97. The van der Waals surface area contributed by atoms with Crippen molar-refractivity contribution in [2.24, 2.45) is 0 Å². The summed E-state index contributed by atoms with van der Waals surface area (Å²) in [5, 5.41) is 1.10. The summed E-state index contributed by atoms with van der Waals surface area (Å²) in [5.41, 5.74) is 2.04. The fourth-order valence-electron chi connectivity index (χ4n) is 1.11. The summed E-state index contributed by atoms with van der Waals surface area (Å²) >= 11 is 14.2. The van der Waals surface area contributed by atoms with Gasteiger partial charge < -0.3 is 0 Å². The lowest BCUT2D eigenvalue weighted by Gasteiger charge is -2.13. The zero-order valence-corrected chi connectivity index (χ0v) is 10.1. The molecule has 0 spiro atoms. The van der Waals surface area contributed by atoms with Crippen LogP contribution in [0.2, 0.25) is 10.0 Å². The minimum absolute atomic E-state index is 0.521. The van der Waals surface area contributed by atoms with Crippen LogP contribution in [0.3, 0.4) is 0 Å². The first-order chi connectivity index (χ1) is 6.77. The van der Waals surface area contributed by atoms with Crippen molar-refractivity contribution >= 4 is 45.4 Å². The molecule has 0 amide bonds. The summed E-state index contributed by atoms with van der Waals surface area (Å²) in [5.74, 6) is 0. The molecule has 2 rings (SSSR count). The molecule has 1 aliphatic rings.